The maximum Gasteiger partial charge on any atom is 0.272 e. The Balaban J connectivity index is 1.96. The van der Waals surface area contributed by atoms with Crippen LogP contribution in [-0.4, -0.2) is 9.91 Å². The Hall–Kier alpha value is -1.79. The van der Waals surface area contributed by atoms with Gasteiger partial charge in [0, 0.05) is 30.1 Å². The molecular weight excluding hydrogens is 262 g/mol. The van der Waals surface area contributed by atoms with Gasteiger partial charge >= 0.3 is 0 Å². The molecule has 1 heterocycles. The molecule has 0 aliphatic heterocycles. The largest absolute Gasteiger partial charge is 0.307 e. The number of nitrogens with one attached hydrogen (secondary N) is 1. The van der Waals surface area contributed by atoms with Crippen LogP contribution in [0.25, 0.3) is 0 Å². The minimum atomic E-state index is -0.345. The van der Waals surface area contributed by atoms with Gasteiger partial charge in [0.15, 0.2) is 0 Å². The average molecular weight is 277 g/mol. The van der Waals surface area contributed by atoms with E-state index >= 15 is 0 Å². The summed E-state index contributed by atoms with van der Waals surface area (Å²) in [6, 6.07) is 5.30. The van der Waals surface area contributed by atoms with Crippen LogP contribution >= 0.6 is 11.3 Å². The van der Waals surface area contributed by atoms with Gasteiger partial charge in [-0.1, -0.05) is 12.1 Å². The minimum Gasteiger partial charge on any atom is -0.307 e. The molecule has 0 unspecified atom stereocenters. The lowest BCUT2D eigenvalue weighted by Crippen LogP contribution is -2.13. The molecule has 0 fully saturated rings. The Bertz CT molecular complexity index is 595. The number of aryl methyl sites for hydroxylation is 2. The molecule has 2 aromatic rings. The van der Waals surface area contributed by atoms with Crippen LogP contribution in [0, 0.1) is 24.0 Å². The van der Waals surface area contributed by atoms with Gasteiger partial charge < -0.3 is 5.32 Å². The van der Waals surface area contributed by atoms with Crippen molar-refractivity contribution in [3.63, 3.8) is 0 Å². The fourth-order valence-corrected chi connectivity index (χ4v) is 2.40. The SMILES string of the molecule is Cc1nc(CNCc2ccc(C)c([N+](=O)[O-])c2)cs1. The van der Waals surface area contributed by atoms with E-state index in [1.54, 1.807) is 30.4 Å². The normalized spacial score (nSPS) is 10.6. The van der Waals surface area contributed by atoms with Gasteiger partial charge in [-0.05, 0) is 19.4 Å². The van der Waals surface area contributed by atoms with E-state index in [9.17, 15) is 10.1 Å². The molecule has 0 saturated heterocycles. The number of nitro groups is 1. The highest BCUT2D eigenvalue weighted by Crippen LogP contribution is 2.19. The number of rotatable bonds is 5. The van der Waals surface area contributed by atoms with E-state index in [0.717, 1.165) is 16.3 Å². The molecule has 1 aromatic carbocycles. The van der Waals surface area contributed by atoms with Gasteiger partial charge in [0.1, 0.15) is 0 Å². The molecule has 0 amide bonds. The molecule has 0 aliphatic rings. The highest BCUT2D eigenvalue weighted by Gasteiger charge is 2.10. The van der Waals surface area contributed by atoms with Crippen molar-refractivity contribution in [2.75, 3.05) is 0 Å². The van der Waals surface area contributed by atoms with E-state index in [2.05, 4.69) is 10.3 Å². The van der Waals surface area contributed by atoms with Crippen LogP contribution in [0.3, 0.4) is 0 Å². The standard InChI is InChI=1S/C13H15N3O2S/c1-9-3-4-11(5-13(9)16(17)18)6-14-7-12-8-19-10(2)15-12/h3-5,8,14H,6-7H2,1-2H3. The molecule has 19 heavy (non-hydrogen) atoms. The first kappa shape index (κ1) is 13.6. The molecule has 100 valence electrons. The first-order valence-electron chi connectivity index (χ1n) is 5.92. The Labute approximate surface area is 115 Å². The Kier molecular flexibility index (Phi) is 4.24. The van der Waals surface area contributed by atoms with Crippen LogP contribution in [0.15, 0.2) is 23.6 Å². The monoisotopic (exact) mass is 277 g/mol. The first-order valence-corrected chi connectivity index (χ1v) is 6.80. The topological polar surface area (TPSA) is 68.1 Å². The Morgan fingerprint density at radius 1 is 1.37 bits per heavy atom. The third kappa shape index (κ3) is 3.59. The summed E-state index contributed by atoms with van der Waals surface area (Å²) in [6.07, 6.45) is 0. The number of aromatic nitrogens is 1. The first-order chi connectivity index (χ1) is 9.06. The minimum absolute atomic E-state index is 0.170. The summed E-state index contributed by atoms with van der Waals surface area (Å²) in [4.78, 5) is 14.9. The molecule has 0 atom stereocenters. The number of hydrogen-bond acceptors (Lipinski definition) is 5. The predicted octanol–water partition coefficient (Wildman–Crippen LogP) is 2.96. The van der Waals surface area contributed by atoms with Crippen LogP contribution in [0.4, 0.5) is 5.69 Å². The zero-order valence-electron chi connectivity index (χ0n) is 10.8. The van der Waals surface area contributed by atoms with Crippen molar-refractivity contribution in [3.8, 4) is 0 Å². The zero-order valence-corrected chi connectivity index (χ0v) is 11.7. The van der Waals surface area contributed by atoms with Crippen molar-refractivity contribution in [1.82, 2.24) is 10.3 Å². The van der Waals surface area contributed by atoms with Gasteiger partial charge in [0.25, 0.3) is 5.69 Å². The van der Waals surface area contributed by atoms with E-state index < -0.39 is 0 Å². The molecule has 0 aliphatic carbocycles. The van der Waals surface area contributed by atoms with E-state index in [1.807, 2.05) is 18.4 Å². The predicted molar refractivity (Wildman–Crippen MR) is 75.2 cm³/mol. The lowest BCUT2D eigenvalue weighted by Gasteiger charge is -2.04. The van der Waals surface area contributed by atoms with Crippen molar-refractivity contribution in [1.29, 1.82) is 0 Å². The lowest BCUT2D eigenvalue weighted by molar-refractivity contribution is -0.385. The van der Waals surface area contributed by atoms with Crippen molar-refractivity contribution >= 4 is 17.0 Å². The number of benzene rings is 1. The van der Waals surface area contributed by atoms with E-state index in [-0.39, 0.29) is 10.6 Å². The van der Waals surface area contributed by atoms with Crippen LogP contribution < -0.4 is 5.32 Å². The average Bonchev–Trinajstić information content (AvgIpc) is 2.77. The molecule has 1 N–H and O–H groups in total. The van der Waals surface area contributed by atoms with Gasteiger partial charge in [-0.3, -0.25) is 10.1 Å². The summed E-state index contributed by atoms with van der Waals surface area (Å²) in [5.74, 6) is 0. The molecular formula is C13H15N3O2S. The maximum atomic E-state index is 10.8. The summed E-state index contributed by atoms with van der Waals surface area (Å²) < 4.78 is 0. The van der Waals surface area contributed by atoms with Crippen molar-refractivity contribution in [3.05, 3.63) is 55.5 Å². The van der Waals surface area contributed by atoms with E-state index in [1.165, 1.54) is 0 Å². The Morgan fingerprint density at radius 3 is 2.79 bits per heavy atom. The van der Waals surface area contributed by atoms with E-state index in [4.69, 9.17) is 0 Å². The second-order valence-corrected chi connectivity index (χ2v) is 5.40. The van der Waals surface area contributed by atoms with Gasteiger partial charge in [-0.25, -0.2) is 4.98 Å². The maximum absolute atomic E-state index is 10.8. The fraction of sp³-hybridized carbons (Fsp3) is 0.308. The van der Waals surface area contributed by atoms with Gasteiger partial charge in [0.05, 0.1) is 15.6 Å². The lowest BCUT2D eigenvalue weighted by atomic mass is 10.1. The number of nitrogens with zero attached hydrogens (tertiary/aromatic N) is 2. The van der Waals surface area contributed by atoms with E-state index in [0.29, 0.717) is 18.7 Å². The summed E-state index contributed by atoms with van der Waals surface area (Å²) in [6.45, 7) is 4.98. The van der Waals surface area contributed by atoms with Gasteiger partial charge in [-0.2, -0.15) is 0 Å². The number of nitro benzene ring substituents is 1. The highest BCUT2D eigenvalue weighted by molar-refractivity contribution is 7.09. The second kappa shape index (κ2) is 5.90. The third-order valence-corrected chi connectivity index (χ3v) is 3.59. The van der Waals surface area contributed by atoms with Crippen molar-refractivity contribution in [2.45, 2.75) is 26.9 Å². The number of hydrogen-bond donors (Lipinski definition) is 1. The molecule has 6 heteroatoms. The van der Waals surface area contributed by atoms with Crippen LogP contribution in [0.2, 0.25) is 0 Å². The summed E-state index contributed by atoms with van der Waals surface area (Å²) in [5, 5.41) is 17.1. The quantitative estimate of drug-likeness (QED) is 0.674. The smallest absolute Gasteiger partial charge is 0.272 e. The summed E-state index contributed by atoms with van der Waals surface area (Å²) in [7, 11) is 0. The van der Waals surface area contributed by atoms with Crippen LogP contribution in [0.5, 0.6) is 0 Å². The van der Waals surface area contributed by atoms with Gasteiger partial charge in [0.2, 0.25) is 0 Å². The van der Waals surface area contributed by atoms with Gasteiger partial charge in [-0.15, -0.1) is 11.3 Å². The van der Waals surface area contributed by atoms with Crippen molar-refractivity contribution in [2.24, 2.45) is 0 Å². The van der Waals surface area contributed by atoms with Crippen LogP contribution in [-0.2, 0) is 13.1 Å². The number of thiazole rings is 1. The molecule has 0 saturated carbocycles. The molecule has 1 aromatic heterocycles. The molecule has 2 rings (SSSR count). The van der Waals surface area contributed by atoms with Crippen LogP contribution in [0.1, 0.15) is 21.8 Å². The zero-order chi connectivity index (χ0) is 13.8. The Morgan fingerprint density at radius 2 is 2.16 bits per heavy atom. The molecule has 0 bridgehead atoms. The summed E-state index contributed by atoms with van der Waals surface area (Å²) in [5.41, 5.74) is 2.76. The third-order valence-electron chi connectivity index (χ3n) is 2.77. The molecule has 5 nitrogen and oxygen atoms in total. The van der Waals surface area contributed by atoms with Crippen molar-refractivity contribution < 1.29 is 4.92 Å². The fourth-order valence-electron chi connectivity index (χ4n) is 1.79. The molecule has 0 spiro atoms. The second-order valence-electron chi connectivity index (χ2n) is 4.34. The molecule has 0 radical (unpaired) electrons. The highest BCUT2D eigenvalue weighted by atomic mass is 32.1. The summed E-state index contributed by atoms with van der Waals surface area (Å²) >= 11 is 1.62.